The van der Waals surface area contributed by atoms with Crippen molar-refractivity contribution in [2.45, 2.75) is 19.0 Å². The smallest absolute Gasteiger partial charge is 0.260 e. The summed E-state index contributed by atoms with van der Waals surface area (Å²) in [4.78, 5) is 13.0. The van der Waals surface area contributed by atoms with Crippen LogP contribution in [0.5, 0.6) is 11.5 Å². The molecule has 1 saturated heterocycles. The van der Waals surface area contributed by atoms with Gasteiger partial charge in [0.05, 0.1) is 17.2 Å². The van der Waals surface area contributed by atoms with Gasteiger partial charge in [-0.2, -0.15) is 0 Å². The molecule has 1 amide bonds. The molecule has 1 atom stereocenters. The summed E-state index contributed by atoms with van der Waals surface area (Å²) in [6.07, 6.45) is 1.78. The first-order valence-corrected chi connectivity index (χ1v) is 12.0. The number of para-hydroxylation sites is 1. The first kappa shape index (κ1) is 23.2. The van der Waals surface area contributed by atoms with Crippen molar-refractivity contribution in [2.24, 2.45) is 0 Å². The van der Waals surface area contributed by atoms with E-state index in [1.165, 1.54) is 17.8 Å². The van der Waals surface area contributed by atoms with Gasteiger partial charge < -0.3 is 20.1 Å². The van der Waals surface area contributed by atoms with Crippen LogP contribution < -0.4 is 20.1 Å². The van der Waals surface area contributed by atoms with Crippen LogP contribution in [0.1, 0.15) is 18.1 Å². The topological polar surface area (TPSA) is 59.6 Å². The summed E-state index contributed by atoms with van der Waals surface area (Å²) in [5, 5.41) is 5.81. The second kappa shape index (κ2) is 10.8. The third kappa shape index (κ3) is 6.09. The van der Waals surface area contributed by atoms with Crippen LogP contribution in [-0.4, -0.2) is 18.0 Å². The van der Waals surface area contributed by atoms with Gasteiger partial charge in [-0.3, -0.25) is 4.79 Å². The highest BCUT2D eigenvalue weighted by Gasteiger charge is 2.27. The molecule has 0 saturated carbocycles. The molecule has 3 aromatic carbocycles. The summed E-state index contributed by atoms with van der Waals surface area (Å²) >= 11 is 4.72. The molecule has 5 nitrogen and oxygen atoms in total. The molecular formula is C25H22BrFN2O3S. The lowest BCUT2D eigenvalue weighted by atomic mass is 10.2. The second-order valence-corrected chi connectivity index (χ2v) is 9.22. The summed E-state index contributed by atoms with van der Waals surface area (Å²) in [5.41, 5.74) is 1.72. The number of carbonyl (C=O) groups excluding carboxylic acids is 1. The molecule has 1 unspecified atom stereocenters. The molecule has 0 aromatic heterocycles. The average molecular weight is 529 g/mol. The Kier molecular flexibility index (Phi) is 7.57. The molecule has 0 radical (unpaired) electrons. The maximum absolute atomic E-state index is 13.9. The highest BCUT2D eigenvalue weighted by molar-refractivity contribution is 9.10. The minimum absolute atomic E-state index is 0.220. The first-order valence-electron chi connectivity index (χ1n) is 10.4. The lowest BCUT2D eigenvalue weighted by molar-refractivity contribution is -0.116. The lowest BCUT2D eigenvalue weighted by Crippen LogP contribution is -2.31. The van der Waals surface area contributed by atoms with Crippen molar-refractivity contribution in [3.63, 3.8) is 0 Å². The number of amides is 1. The van der Waals surface area contributed by atoms with Crippen LogP contribution in [0.2, 0.25) is 0 Å². The third-order valence-electron chi connectivity index (χ3n) is 4.76. The molecule has 0 spiro atoms. The van der Waals surface area contributed by atoms with Gasteiger partial charge in [-0.25, -0.2) is 4.39 Å². The molecule has 2 N–H and O–H groups in total. The maximum atomic E-state index is 13.9. The van der Waals surface area contributed by atoms with Gasteiger partial charge in [-0.1, -0.05) is 58.0 Å². The SMILES string of the molecule is CCOc1cc(/C=C2\SC(Nc3ccccc3F)NC2=O)ccc1OCc1ccc(Br)cc1. The van der Waals surface area contributed by atoms with Crippen LogP contribution in [0.4, 0.5) is 10.1 Å². The number of rotatable bonds is 8. The Morgan fingerprint density at radius 1 is 1.09 bits per heavy atom. The largest absolute Gasteiger partial charge is 0.490 e. The van der Waals surface area contributed by atoms with E-state index in [2.05, 4.69) is 26.6 Å². The molecule has 170 valence electrons. The molecule has 3 aromatic rings. The molecule has 1 aliphatic heterocycles. The number of hydrogen-bond acceptors (Lipinski definition) is 5. The van der Waals surface area contributed by atoms with Gasteiger partial charge in [0.2, 0.25) is 0 Å². The lowest BCUT2D eigenvalue weighted by Gasteiger charge is -2.13. The minimum atomic E-state index is -0.458. The second-order valence-electron chi connectivity index (χ2n) is 7.16. The summed E-state index contributed by atoms with van der Waals surface area (Å²) in [6, 6.07) is 19.8. The molecule has 8 heteroatoms. The highest BCUT2D eigenvalue weighted by Crippen LogP contribution is 2.34. The van der Waals surface area contributed by atoms with Crippen molar-refractivity contribution >= 4 is 45.4 Å². The van der Waals surface area contributed by atoms with Crippen molar-refractivity contribution in [1.29, 1.82) is 0 Å². The number of benzene rings is 3. The van der Waals surface area contributed by atoms with E-state index in [1.54, 1.807) is 24.3 Å². The van der Waals surface area contributed by atoms with E-state index >= 15 is 0 Å². The standard InChI is InChI=1S/C25H22BrFN2O3S/c1-2-31-22-13-17(9-12-21(22)32-15-16-7-10-18(26)11-8-16)14-23-24(30)29-25(33-23)28-20-6-4-3-5-19(20)27/h3-14,25,28H,2,15H2,1H3,(H,29,30)/b23-14-. The van der Waals surface area contributed by atoms with Gasteiger partial charge in [0.25, 0.3) is 5.91 Å². The normalized spacial score (nSPS) is 16.5. The highest BCUT2D eigenvalue weighted by atomic mass is 79.9. The third-order valence-corrected chi connectivity index (χ3v) is 6.32. The van der Waals surface area contributed by atoms with Crippen molar-refractivity contribution in [2.75, 3.05) is 11.9 Å². The Labute approximate surface area is 204 Å². The predicted molar refractivity (Wildman–Crippen MR) is 134 cm³/mol. The molecule has 4 rings (SSSR count). The molecule has 1 aliphatic rings. The number of thioether (sulfide) groups is 1. The van der Waals surface area contributed by atoms with Gasteiger partial charge in [0.1, 0.15) is 12.4 Å². The van der Waals surface area contributed by atoms with E-state index in [4.69, 9.17) is 9.47 Å². The van der Waals surface area contributed by atoms with Crippen LogP contribution in [0.3, 0.4) is 0 Å². The van der Waals surface area contributed by atoms with Crippen LogP contribution in [0.15, 0.2) is 76.1 Å². The fourth-order valence-corrected chi connectivity index (χ4v) is 4.42. The Hall–Kier alpha value is -2.97. The Morgan fingerprint density at radius 2 is 1.88 bits per heavy atom. The minimum Gasteiger partial charge on any atom is -0.490 e. The van der Waals surface area contributed by atoms with Gasteiger partial charge in [-0.05, 0) is 60.5 Å². The van der Waals surface area contributed by atoms with Gasteiger partial charge >= 0.3 is 0 Å². The zero-order valence-corrected chi connectivity index (χ0v) is 20.2. The van der Waals surface area contributed by atoms with E-state index in [0.717, 1.165) is 15.6 Å². The molecule has 0 bridgehead atoms. The zero-order chi connectivity index (χ0) is 23.2. The number of anilines is 1. The molecular weight excluding hydrogens is 507 g/mol. The fraction of sp³-hybridized carbons (Fsp3) is 0.160. The summed E-state index contributed by atoms with van der Waals surface area (Å²) in [6.45, 7) is 2.80. The quantitative estimate of drug-likeness (QED) is 0.342. The summed E-state index contributed by atoms with van der Waals surface area (Å²) < 4.78 is 26.6. The molecule has 1 fully saturated rings. The van der Waals surface area contributed by atoms with Gasteiger partial charge in [0.15, 0.2) is 17.0 Å². The van der Waals surface area contributed by atoms with Gasteiger partial charge in [-0.15, -0.1) is 0 Å². The van der Waals surface area contributed by atoms with Crippen molar-refractivity contribution in [3.05, 3.63) is 93.1 Å². The average Bonchev–Trinajstić information content (AvgIpc) is 3.14. The Balaban J connectivity index is 1.46. The zero-order valence-electron chi connectivity index (χ0n) is 17.8. The Bertz CT molecular complexity index is 1170. The number of carbonyl (C=O) groups is 1. The van der Waals surface area contributed by atoms with Crippen LogP contribution in [-0.2, 0) is 11.4 Å². The van der Waals surface area contributed by atoms with Crippen LogP contribution in [0.25, 0.3) is 6.08 Å². The number of nitrogens with one attached hydrogen (secondary N) is 2. The van der Waals surface area contributed by atoms with E-state index in [9.17, 15) is 9.18 Å². The first-order chi connectivity index (χ1) is 16.0. The van der Waals surface area contributed by atoms with Crippen molar-refractivity contribution in [1.82, 2.24) is 5.32 Å². The summed E-state index contributed by atoms with van der Waals surface area (Å²) in [5.74, 6) is 0.644. The van der Waals surface area contributed by atoms with E-state index < -0.39 is 5.50 Å². The van der Waals surface area contributed by atoms with Gasteiger partial charge in [0, 0.05) is 4.47 Å². The van der Waals surface area contributed by atoms with Crippen molar-refractivity contribution < 1.29 is 18.7 Å². The van der Waals surface area contributed by atoms with E-state index in [1.807, 2.05) is 49.4 Å². The van der Waals surface area contributed by atoms with E-state index in [0.29, 0.717) is 35.3 Å². The maximum Gasteiger partial charge on any atom is 0.260 e. The molecule has 33 heavy (non-hydrogen) atoms. The van der Waals surface area contributed by atoms with Crippen LogP contribution >= 0.6 is 27.7 Å². The number of hydrogen-bond donors (Lipinski definition) is 2. The number of ether oxygens (including phenoxy) is 2. The van der Waals surface area contributed by atoms with Crippen molar-refractivity contribution in [3.8, 4) is 11.5 Å². The fourth-order valence-electron chi connectivity index (χ4n) is 3.18. The summed E-state index contributed by atoms with van der Waals surface area (Å²) in [7, 11) is 0. The van der Waals surface area contributed by atoms with Crippen LogP contribution in [0, 0.1) is 5.82 Å². The monoisotopic (exact) mass is 528 g/mol. The Morgan fingerprint density at radius 3 is 2.64 bits per heavy atom. The molecule has 1 heterocycles. The molecule has 0 aliphatic carbocycles. The van der Waals surface area contributed by atoms with E-state index in [-0.39, 0.29) is 11.7 Å². The predicted octanol–water partition coefficient (Wildman–Crippen LogP) is 6.17. The number of halogens is 2.